The summed E-state index contributed by atoms with van der Waals surface area (Å²) in [6, 6.07) is 6.79. The summed E-state index contributed by atoms with van der Waals surface area (Å²) in [6.07, 6.45) is 2.45. The van der Waals surface area contributed by atoms with Gasteiger partial charge in [-0.3, -0.25) is 9.58 Å². The zero-order chi connectivity index (χ0) is 16.7. The number of hydrogen-bond acceptors (Lipinski definition) is 4. The molecule has 0 bridgehead atoms. The number of ether oxygens (including phenoxy) is 2. The van der Waals surface area contributed by atoms with Crippen molar-refractivity contribution in [2.24, 2.45) is 7.05 Å². The third-order valence-corrected chi connectivity index (χ3v) is 5.25. The van der Waals surface area contributed by atoms with Crippen LogP contribution < -0.4 is 9.47 Å². The molecule has 0 aliphatic carbocycles. The van der Waals surface area contributed by atoms with E-state index in [2.05, 4.69) is 36.0 Å². The van der Waals surface area contributed by atoms with Crippen molar-refractivity contribution < 1.29 is 9.47 Å². The second kappa shape index (κ2) is 6.13. The fourth-order valence-electron chi connectivity index (χ4n) is 4.04. The lowest BCUT2D eigenvalue weighted by atomic mass is 10.0. The summed E-state index contributed by atoms with van der Waals surface area (Å²) in [5, 5.41) is 4.61. The summed E-state index contributed by atoms with van der Waals surface area (Å²) in [6.45, 7) is 7.65. The van der Waals surface area contributed by atoms with Crippen LogP contribution >= 0.6 is 0 Å². The lowest BCUT2D eigenvalue weighted by molar-refractivity contribution is 0.171. The maximum absolute atomic E-state index is 5.72. The van der Waals surface area contributed by atoms with Crippen molar-refractivity contribution in [3.8, 4) is 11.5 Å². The number of hydrogen-bond donors (Lipinski definition) is 0. The van der Waals surface area contributed by atoms with Crippen LogP contribution in [0.1, 0.15) is 41.4 Å². The molecule has 5 nitrogen and oxygen atoms in total. The molecule has 2 aliphatic heterocycles. The van der Waals surface area contributed by atoms with Crippen LogP contribution in [0.25, 0.3) is 0 Å². The normalized spacial score (nSPS) is 20.5. The number of aromatic nitrogens is 2. The van der Waals surface area contributed by atoms with E-state index in [-0.39, 0.29) is 0 Å². The van der Waals surface area contributed by atoms with Gasteiger partial charge in [0.15, 0.2) is 11.5 Å². The number of fused-ring (bicyclic) bond motifs is 1. The third-order valence-electron chi connectivity index (χ3n) is 5.25. The maximum atomic E-state index is 5.72. The number of nitrogens with zero attached hydrogens (tertiary/aromatic N) is 3. The lowest BCUT2D eigenvalue weighted by Crippen LogP contribution is -2.24. The SMILES string of the molecule is Cc1nn(C)c(C)c1[C@H]1CCCN1Cc1ccc2c(c1)OCCO2. The van der Waals surface area contributed by atoms with Gasteiger partial charge in [0, 0.05) is 30.9 Å². The molecule has 1 aromatic carbocycles. The minimum Gasteiger partial charge on any atom is -0.486 e. The molecule has 0 unspecified atom stereocenters. The number of benzene rings is 1. The first-order valence-corrected chi connectivity index (χ1v) is 8.76. The quantitative estimate of drug-likeness (QED) is 0.868. The molecule has 2 aliphatic rings. The Kier molecular flexibility index (Phi) is 3.96. The van der Waals surface area contributed by atoms with Crippen LogP contribution in [-0.4, -0.2) is 34.4 Å². The molecule has 2 aromatic rings. The second-order valence-corrected chi connectivity index (χ2v) is 6.81. The van der Waals surface area contributed by atoms with Gasteiger partial charge < -0.3 is 9.47 Å². The molecule has 0 saturated carbocycles. The van der Waals surface area contributed by atoms with Crippen LogP contribution in [-0.2, 0) is 13.6 Å². The van der Waals surface area contributed by atoms with Crippen LogP contribution in [0.2, 0.25) is 0 Å². The molecule has 128 valence electrons. The fraction of sp³-hybridized carbons (Fsp3) is 0.526. The van der Waals surface area contributed by atoms with E-state index in [1.54, 1.807) is 0 Å². The molecule has 24 heavy (non-hydrogen) atoms. The Bertz CT molecular complexity index is 753. The fourth-order valence-corrected chi connectivity index (χ4v) is 4.04. The standard InChI is InChI=1S/C19H25N3O2/c1-13-19(14(2)21(3)20-13)16-5-4-8-22(16)12-15-6-7-17-18(11-15)24-10-9-23-17/h6-7,11,16H,4-5,8-10,12H2,1-3H3/t16-/m1/s1. The second-order valence-electron chi connectivity index (χ2n) is 6.81. The molecule has 0 N–H and O–H groups in total. The molecule has 0 radical (unpaired) electrons. The summed E-state index contributed by atoms with van der Waals surface area (Å²) < 4.78 is 13.4. The predicted octanol–water partition coefficient (Wildman–Crippen LogP) is 3.15. The van der Waals surface area contributed by atoms with Gasteiger partial charge in [0.25, 0.3) is 0 Å². The van der Waals surface area contributed by atoms with Crippen LogP contribution in [0.5, 0.6) is 11.5 Å². The van der Waals surface area contributed by atoms with Gasteiger partial charge in [0.2, 0.25) is 0 Å². The highest BCUT2D eigenvalue weighted by Crippen LogP contribution is 2.37. The number of likely N-dealkylation sites (tertiary alicyclic amines) is 1. The highest BCUT2D eigenvalue weighted by Gasteiger charge is 2.30. The third kappa shape index (κ3) is 2.67. The van der Waals surface area contributed by atoms with E-state index in [0.717, 1.165) is 30.3 Å². The Labute approximate surface area is 143 Å². The zero-order valence-corrected chi connectivity index (χ0v) is 14.7. The summed E-state index contributed by atoms with van der Waals surface area (Å²) in [7, 11) is 2.03. The minimum absolute atomic E-state index is 0.465. The van der Waals surface area contributed by atoms with Gasteiger partial charge in [-0.15, -0.1) is 0 Å². The predicted molar refractivity (Wildman–Crippen MR) is 92.5 cm³/mol. The van der Waals surface area contributed by atoms with Crippen LogP contribution in [0.4, 0.5) is 0 Å². The number of aryl methyl sites for hydroxylation is 2. The van der Waals surface area contributed by atoms with Gasteiger partial charge >= 0.3 is 0 Å². The first-order chi connectivity index (χ1) is 11.6. The summed E-state index contributed by atoms with van der Waals surface area (Å²) in [4.78, 5) is 2.57. The highest BCUT2D eigenvalue weighted by molar-refractivity contribution is 5.44. The van der Waals surface area contributed by atoms with Crippen molar-refractivity contribution in [3.05, 3.63) is 40.7 Å². The van der Waals surface area contributed by atoms with E-state index < -0.39 is 0 Å². The number of rotatable bonds is 3. The molecular formula is C19H25N3O2. The molecule has 0 spiro atoms. The Morgan fingerprint density at radius 3 is 2.71 bits per heavy atom. The van der Waals surface area contributed by atoms with E-state index in [0.29, 0.717) is 19.3 Å². The van der Waals surface area contributed by atoms with E-state index in [1.807, 2.05) is 17.8 Å². The summed E-state index contributed by atoms with van der Waals surface area (Å²) in [5.74, 6) is 1.74. The van der Waals surface area contributed by atoms with Crippen molar-refractivity contribution in [1.29, 1.82) is 0 Å². The van der Waals surface area contributed by atoms with Crippen LogP contribution in [0.15, 0.2) is 18.2 Å². The lowest BCUT2D eigenvalue weighted by Gasteiger charge is -2.26. The highest BCUT2D eigenvalue weighted by atomic mass is 16.6. The largest absolute Gasteiger partial charge is 0.486 e. The molecule has 3 heterocycles. The van der Waals surface area contributed by atoms with Crippen LogP contribution in [0, 0.1) is 13.8 Å². The van der Waals surface area contributed by atoms with E-state index in [1.165, 1.54) is 29.7 Å². The molecule has 4 rings (SSSR count). The molecule has 1 atom stereocenters. The van der Waals surface area contributed by atoms with Gasteiger partial charge in [0.1, 0.15) is 13.2 Å². The van der Waals surface area contributed by atoms with Gasteiger partial charge in [-0.05, 0) is 50.9 Å². The smallest absolute Gasteiger partial charge is 0.161 e. The topological polar surface area (TPSA) is 39.5 Å². The van der Waals surface area contributed by atoms with Crippen LogP contribution in [0.3, 0.4) is 0 Å². The Morgan fingerprint density at radius 1 is 1.17 bits per heavy atom. The van der Waals surface area contributed by atoms with Crippen molar-refractivity contribution in [3.63, 3.8) is 0 Å². The zero-order valence-electron chi connectivity index (χ0n) is 14.7. The Hall–Kier alpha value is -2.01. The first-order valence-electron chi connectivity index (χ1n) is 8.76. The van der Waals surface area contributed by atoms with E-state index in [4.69, 9.17) is 9.47 Å². The maximum Gasteiger partial charge on any atom is 0.161 e. The molecule has 0 amide bonds. The summed E-state index contributed by atoms with van der Waals surface area (Å²) >= 11 is 0. The van der Waals surface area contributed by atoms with Crippen molar-refractivity contribution in [2.75, 3.05) is 19.8 Å². The Balaban J connectivity index is 1.57. The summed E-state index contributed by atoms with van der Waals surface area (Å²) in [5.41, 5.74) is 5.14. The molecule has 1 saturated heterocycles. The van der Waals surface area contributed by atoms with Gasteiger partial charge in [-0.2, -0.15) is 5.10 Å². The minimum atomic E-state index is 0.465. The van der Waals surface area contributed by atoms with E-state index in [9.17, 15) is 0 Å². The van der Waals surface area contributed by atoms with Crippen molar-refractivity contribution in [2.45, 2.75) is 39.3 Å². The first kappa shape index (κ1) is 15.5. The Morgan fingerprint density at radius 2 is 1.96 bits per heavy atom. The molecule has 1 fully saturated rings. The molecule has 1 aromatic heterocycles. The van der Waals surface area contributed by atoms with Crippen molar-refractivity contribution in [1.82, 2.24) is 14.7 Å². The molecule has 5 heteroatoms. The van der Waals surface area contributed by atoms with Gasteiger partial charge in [-0.1, -0.05) is 6.07 Å². The van der Waals surface area contributed by atoms with Gasteiger partial charge in [-0.25, -0.2) is 0 Å². The average Bonchev–Trinajstić information content (AvgIpc) is 3.12. The van der Waals surface area contributed by atoms with Crippen molar-refractivity contribution >= 4 is 0 Å². The molecular weight excluding hydrogens is 302 g/mol. The average molecular weight is 327 g/mol. The van der Waals surface area contributed by atoms with E-state index >= 15 is 0 Å². The monoisotopic (exact) mass is 327 g/mol. The van der Waals surface area contributed by atoms with Gasteiger partial charge in [0.05, 0.1) is 5.69 Å².